The van der Waals surface area contributed by atoms with E-state index in [1.165, 1.54) is 35.1 Å². The van der Waals surface area contributed by atoms with Crippen LogP contribution in [0.1, 0.15) is 51.9 Å². The number of thiophene rings is 2. The molecule has 1 atom stereocenters. The fraction of sp³-hybridized carbons (Fsp3) is 0.500. The summed E-state index contributed by atoms with van der Waals surface area (Å²) < 4.78 is 12.9. The highest BCUT2D eigenvalue weighted by molar-refractivity contribution is 7.99. The van der Waals surface area contributed by atoms with Crippen LogP contribution in [0.4, 0.5) is 5.00 Å². The lowest BCUT2D eigenvalue weighted by Crippen LogP contribution is -2.18. The molecule has 2 aliphatic rings. The Bertz CT molecular complexity index is 1230. The Balaban J connectivity index is 1.32. The first-order chi connectivity index (χ1) is 17.1. The van der Waals surface area contributed by atoms with Gasteiger partial charge in [0.05, 0.1) is 31.1 Å². The highest BCUT2D eigenvalue weighted by Gasteiger charge is 2.28. The maximum atomic E-state index is 12.9. The standard InChI is InChI=1S/C24H28N4O4S3/c1-3-16-10-14(12-33-16)21-26-27-24(28(21)11-15-6-5-9-32-15)34-13-19(29)25-22-20(23(30)31-2)17-7-4-8-18(17)35-22/h10,12,15H,3-9,11,13H2,1-2H3,(H,25,29). The zero-order chi connectivity index (χ0) is 24.4. The summed E-state index contributed by atoms with van der Waals surface area (Å²) in [6.07, 6.45) is 5.97. The Morgan fingerprint density at radius 3 is 2.94 bits per heavy atom. The van der Waals surface area contributed by atoms with Gasteiger partial charge in [-0.25, -0.2) is 4.79 Å². The first kappa shape index (κ1) is 24.5. The first-order valence-electron chi connectivity index (χ1n) is 11.9. The van der Waals surface area contributed by atoms with E-state index in [-0.39, 0.29) is 17.8 Å². The Hall–Kier alpha value is -2.21. The lowest BCUT2D eigenvalue weighted by molar-refractivity contribution is -0.113. The highest BCUT2D eigenvalue weighted by Crippen LogP contribution is 2.39. The molecule has 1 aliphatic carbocycles. The van der Waals surface area contributed by atoms with Crippen LogP contribution in [-0.4, -0.2) is 52.2 Å². The summed E-state index contributed by atoms with van der Waals surface area (Å²) in [5, 5.41) is 15.2. The Labute approximate surface area is 216 Å². The number of anilines is 1. The monoisotopic (exact) mass is 532 g/mol. The normalized spacial score (nSPS) is 17.0. The summed E-state index contributed by atoms with van der Waals surface area (Å²) in [5.74, 6) is 0.395. The highest BCUT2D eigenvalue weighted by atomic mass is 32.2. The van der Waals surface area contributed by atoms with Gasteiger partial charge < -0.3 is 14.8 Å². The van der Waals surface area contributed by atoms with Crippen molar-refractivity contribution in [2.24, 2.45) is 0 Å². The zero-order valence-corrected chi connectivity index (χ0v) is 22.2. The van der Waals surface area contributed by atoms with E-state index in [9.17, 15) is 9.59 Å². The minimum Gasteiger partial charge on any atom is -0.465 e. The molecule has 1 aliphatic heterocycles. The van der Waals surface area contributed by atoms with Crippen LogP contribution in [0.25, 0.3) is 11.4 Å². The molecule has 35 heavy (non-hydrogen) atoms. The molecule has 1 amide bonds. The number of carbonyl (C=O) groups excluding carboxylic acids is 2. The van der Waals surface area contributed by atoms with Crippen LogP contribution in [0.3, 0.4) is 0 Å². The molecule has 1 unspecified atom stereocenters. The quantitative estimate of drug-likeness (QED) is 0.312. The second-order valence-corrected chi connectivity index (χ2v) is 11.6. The minimum absolute atomic E-state index is 0.123. The van der Waals surface area contributed by atoms with Crippen molar-refractivity contribution in [2.75, 3.05) is 24.8 Å². The van der Waals surface area contributed by atoms with Gasteiger partial charge in [0.1, 0.15) is 5.00 Å². The van der Waals surface area contributed by atoms with Gasteiger partial charge in [0, 0.05) is 27.3 Å². The fourth-order valence-electron chi connectivity index (χ4n) is 4.55. The number of carbonyl (C=O) groups is 2. The van der Waals surface area contributed by atoms with Crippen LogP contribution in [0, 0.1) is 0 Å². The first-order valence-corrected chi connectivity index (χ1v) is 14.5. The summed E-state index contributed by atoms with van der Waals surface area (Å²) in [6, 6.07) is 2.16. The van der Waals surface area contributed by atoms with Gasteiger partial charge in [-0.2, -0.15) is 0 Å². The smallest absolute Gasteiger partial charge is 0.341 e. The molecule has 0 aromatic carbocycles. The number of esters is 1. The molecule has 11 heteroatoms. The van der Waals surface area contributed by atoms with Gasteiger partial charge in [-0.05, 0) is 50.2 Å². The second-order valence-electron chi connectivity index (χ2n) is 8.60. The average Bonchev–Trinajstić information content (AvgIpc) is 3.67. The van der Waals surface area contributed by atoms with E-state index in [2.05, 4.69) is 38.5 Å². The third-order valence-electron chi connectivity index (χ3n) is 6.28. The number of thioether (sulfide) groups is 1. The lowest BCUT2D eigenvalue weighted by Gasteiger charge is -2.14. The van der Waals surface area contributed by atoms with Gasteiger partial charge in [0.15, 0.2) is 11.0 Å². The molecule has 5 rings (SSSR count). The largest absolute Gasteiger partial charge is 0.465 e. The second kappa shape index (κ2) is 10.8. The van der Waals surface area contributed by atoms with Crippen LogP contribution >= 0.6 is 34.4 Å². The molecule has 1 saturated heterocycles. The predicted octanol–water partition coefficient (Wildman–Crippen LogP) is 4.82. The molecular formula is C24H28N4O4S3. The van der Waals surface area contributed by atoms with Crippen molar-refractivity contribution in [1.29, 1.82) is 0 Å². The van der Waals surface area contributed by atoms with Crippen molar-refractivity contribution in [2.45, 2.75) is 63.3 Å². The van der Waals surface area contributed by atoms with Crippen molar-refractivity contribution in [3.05, 3.63) is 32.3 Å². The van der Waals surface area contributed by atoms with Crippen LogP contribution in [0.5, 0.6) is 0 Å². The maximum absolute atomic E-state index is 12.9. The van der Waals surface area contributed by atoms with Gasteiger partial charge >= 0.3 is 5.97 Å². The van der Waals surface area contributed by atoms with Crippen molar-refractivity contribution in [3.63, 3.8) is 0 Å². The van der Waals surface area contributed by atoms with E-state index >= 15 is 0 Å². The van der Waals surface area contributed by atoms with Crippen LogP contribution in [0.15, 0.2) is 16.6 Å². The molecule has 0 saturated carbocycles. The van der Waals surface area contributed by atoms with E-state index in [1.54, 1.807) is 11.3 Å². The van der Waals surface area contributed by atoms with E-state index in [1.807, 2.05) is 0 Å². The zero-order valence-electron chi connectivity index (χ0n) is 19.8. The number of aromatic nitrogens is 3. The minimum atomic E-state index is -0.393. The number of ether oxygens (including phenoxy) is 2. The van der Waals surface area contributed by atoms with Gasteiger partial charge in [-0.1, -0.05) is 18.7 Å². The molecule has 186 valence electrons. The Morgan fingerprint density at radius 2 is 2.20 bits per heavy atom. The summed E-state index contributed by atoms with van der Waals surface area (Å²) in [4.78, 5) is 27.7. The molecule has 0 bridgehead atoms. The van der Waals surface area contributed by atoms with E-state index in [0.717, 1.165) is 67.0 Å². The summed E-state index contributed by atoms with van der Waals surface area (Å²) in [5.41, 5.74) is 2.58. The van der Waals surface area contributed by atoms with Gasteiger partial charge in [0.25, 0.3) is 0 Å². The molecule has 4 heterocycles. The number of aryl methyl sites for hydroxylation is 2. The van der Waals surface area contributed by atoms with Gasteiger partial charge in [-0.3, -0.25) is 9.36 Å². The molecule has 3 aromatic rings. The lowest BCUT2D eigenvalue weighted by atomic mass is 10.1. The summed E-state index contributed by atoms with van der Waals surface area (Å²) in [7, 11) is 1.37. The molecule has 3 aromatic heterocycles. The number of methoxy groups -OCH3 is 1. The summed E-state index contributed by atoms with van der Waals surface area (Å²) in [6.45, 7) is 3.58. The van der Waals surface area contributed by atoms with E-state index in [4.69, 9.17) is 9.47 Å². The van der Waals surface area contributed by atoms with Crippen LogP contribution in [-0.2, 0) is 40.1 Å². The fourth-order valence-corrected chi connectivity index (χ4v) is 7.41. The van der Waals surface area contributed by atoms with Gasteiger partial charge in [-0.15, -0.1) is 32.9 Å². The average molecular weight is 533 g/mol. The number of hydrogen-bond acceptors (Lipinski definition) is 9. The predicted molar refractivity (Wildman–Crippen MR) is 139 cm³/mol. The van der Waals surface area contributed by atoms with Crippen LogP contribution < -0.4 is 5.32 Å². The van der Waals surface area contributed by atoms with E-state index < -0.39 is 5.97 Å². The molecule has 1 fully saturated rings. The number of nitrogens with zero attached hydrogens (tertiary/aromatic N) is 3. The molecule has 1 N–H and O–H groups in total. The van der Waals surface area contributed by atoms with Crippen molar-refractivity contribution in [3.8, 4) is 11.4 Å². The topological polar surface area (TPSA) is 95.3 Å². The molecule has 0 spiro atoms. The summed E-state index contributed by atoms with van der Waals surface area (Å²) >= 11 is 4.55. The Morgan fingerprint density at radius 1 is 1.31 bits per heavy atom. The number of hydrogen-bond donors (Lipinski definition) is 1. The van der Waals surface area contributed by atoms with Gasteiger partial charge in [0.2, 0.25) is 5.91 Å². The van der Waals surface area contributed by atoms with Crippen molar-refractivity contribution < 1.29 is 19.1 Å². The third kappa shape index (κ3) is 5.18. The Kier molecular flexibility index (Phi) is 7.56. The SMILES string of the molecule is CCc1cc(-c2nnc(SCC(=O)Nc3sc4c(c3C(=O)OC)CCC4)n2CC2CCCO2)cs1. The van der Waals surface area contributed by atoms with Crippen LogP contribution in [0.2, 0.25) is 0 Å². The van der Waals surface area contributed by atoms with Crippen molar-refractivity contribution in [1.82, 2.24) is 14.8 Å². The van der Waals surface area contributed by atoms with E-state index in [0.29, 0.717) is 22.3 Å². The maximum Gasteiger partial charge on any atom is 0.341 e. The number of rotatable bonds is 9. The number of amides is 1. The number of nitrogens with one attached hydrogen (secondary N) is 1. The molecular weight excluding hydrogens is 504 g/mol. The third-order valence-corrected chi connectivity index (χ3v) is 9.54. The molecule has 8 nitrogen and oxygen atoms in total. The van der Waals surface area contributed by atoms with Crippen molar-refractivity contribution >= 4 is 51.3 Å². The molecule has 0 radical (unpaired) electrons. The number of fused-ring (bicyclic) bond motifs is 1.